The van der Waals surface area contributed by atoms with Crippen LogP contribution in [0.5, 0.6) is 11.5 Å². The maximum absolute atomic E-state index is 12.7. The van der Waals surface area contributed by atoms with E-state index in [1.807, 2.05) is 24.3 Å². The topological polar surface area (TPSA) is 91.9 Å². The molecule has 1 fully saturated rings. The van der Waals surface area contributed by atoms with Gasteiger partial charge in [-0.2, -0.15) is 4.98 Å². The highest BCUT2D eigenvalue weighted by molar-refractivity contribution is 9.10. The van der Waals surface area contributed by atoms with Crippen LogP contribution in [0.3, 0.4) is 0 Å². The summed E-state index contributed by atoms with van der Waals surface area (Å²) in [4.78, 5) is 21.1. The molecule has 1 N–H and O–H groups in total. The van der Waals surface area contributed by atoms with Crippen molar-refractivity contribution < 1.29 is 19.2 Å². The summed E-state index contributed by atoms with van der Waals surface area (Å²) in [5.41, 5.74) is 1.16. The van der Waals surface area contributed by atoms with E-state index in [9.17, 15) is 9.90 Å². The van der Waals surface area contributed by atoms with Gasteiger partial charge in [-0.3, -0.25) is 9.69 Å². The van der Waals surface area contributed by atoms with Crippen molar-refractivity contribution in [3.63, 3.8) is 0 Å². The number of hydrogen-bond acceptors (Lipinski definition) is 7. The van der Waals surface area contributed by atoms with Crippen molar-refractivity contribution in [3.8, 4) is 22.9 Å². The molecule has 1 saturated heterocycles. The van der Waals surface area contributed by atoms with Crippen molar-refractivity contribution in [3.05, 3.63) is 58.4 Å². The number of piperazine rings is 1. The van der Waals surface area contributed by atoms with Gasteiger partial charge in [0.2, 0.25) is 11.7 Å². The molecule has 0 unspecified atom stereocenters. The number of nitrogens with zero attached hydrogens (tertiary/aromatic N) is 4. The number of methoxy groups -OCH3 is 1. The van der Waals surface area contributed by atoms with Crippen molar-refractivity contribution >= 4 is 21.8 Å². The van der Waals surface area contributed by atoms with E-state index in [2.05, 4.69) is 31.0 Å². The summed E-state index contributed by atoms with van der Waals surface area (Å²) in [5, 5.41) is 14.1. The minimum Gasteiger partial charge on any atom is -0.507 e. The molecule has 30 heavy (non-hydrogen) atoms. The third-order valence-corrected chi connectivity index (χ3v) is 5.52. The van der Waals surface area contributed by atoms with Gasteiger partial charge in [0.1, 0.15) is 11.5 Å². The second-order valence-electron chi connectivity index (χ2n) is 6.97. The SMILES string of the molecule is COc1ccc(-c2noc(CN3CCN(C(=O)c4cc(Br)ccc4O)CC3)n2)cc1. The van der Waals surface area contributed by atoms with Gasteiger partial charge in [0.05, 0.1) is 19.2 Å². The molecule has 1 aliphatic rings. The fraction of sp³-hybridized carbons (Fsp3) is 0.286. The van der Waals surface area contributed by atoms with E-state index in [4.69, 9.17) is 9.26 Å². The Hall–Kier alpha value is -2.91. The fourth-order valence-electron chi connectivity index (χ4n) is 3.33. The molecule has 1 aliphatic heterocycles. The number of amides is 1. The van der Waals surface area contributed by atoms with Gasteiger partial charge in [-0.25, -0.2) is 0 Å². The molecule has 4 rings (SSSR count). The van der Waals surface area contributed by atoms with Crippen LogP contribution >= 0.6 is 15.9 Å². The Morgan fingerprint density at radius 1 is 1.17 bits per heavy atom. The average molecular weight is 473 g/mol. The number of ether oxygens (including phenoxy) is 1. The Morgan fingerprint density at radius 2 is 1.90 bits per heavy atom. The highest BCUT2D eigenvalue weighted by atomic mass is 79.9. The molecule has 2 aromatic carbocycles. The molecule has 0 bridgehead atoms. The second-order valence-corrected chi connectivity index (χ2v) is 7.89. The summed E-state index contributed by atoms with van der Waals surface area (Å²) in [6, 6.07) is 12.3. The van der Waals surface area contributed by atoms with Gasteiger partial charge in [0.15, 0.2) is 0 Å². The number of carbonyl (C=O) groups is 1. The third kappa shape index (κ3) is 4.47. The number of phenolic OH excluding ortho intramolecular Hbond substituents is 1. The Labute approximate surface area is 182 Å². The van der Waals surface area contributed by atoms with Crippen molar-refractivity contribution in [2.24, 2.45) is 0 Å². The standard InChI is InChI=1S/C21H21BrN4O4/c1-29-16-5-2-14(3-6-16)20-23-19(30-24-20)13-25-8-10-26(11-9-25)21(28)17-12-15(22)4-7-18(17)27/h2-7,12,27H,8-11,13H2,1H3. The molecule has 0 aliphatic carbocycles. The summed E-state index contributed by atoms with van der Waals surface area (Å²) >= 11 is 3.34. The highest BCUT2D eigenvalue weighted by Crippen LogP contribution is 2.24. The molecule has 0 radical (unpaired) electrons. The number of carbonyl (C=O) groups excluding carboxylic acids is 1. The van der Waals surface area contributed by atoms with Crippen molar-refractivity contribution in [1.29, 1.82) is 0 Å². The molecular weight excluding hydrogens is 452 g/mol. The van der Waals surface area contributed by atoms with Crippen LogP contribution in [0, 0.1) is 0 Å². The summed E-state index contributed by atoms with van der Waals surface area (Å²) < 4.78 is 11.3. The molecule has 2 heterocycles. The quantitative estimate of drug-likeness (QED) is 0.609. The van der Waals surface area contributed by atoms with E-state index in [1.54, 1.807) is 24.1 Å². The van der Waals surface area contributed by atoms with Gasteiger partial charge >= 0.3 is 0 Å². The number of halogens is 1. The molecule has 0 atom stereocenters. The van der Waals surface area contributed by atoms with Gasteiger partial charge < -0.3 is 19.3 Å². The summed E-state index contributed by atoms with van der Waals surface area (Å²) in [6.07, 6.45) is 0. The van der Waals surface area contributed by atoms with Crippen LogP contribution in [-0.4, -0.2) is 64.2 Å². The van der Waals surface area contributed by atoms with Crippen LogP contribution in [0.1, 0.15) is 16.2 Å². The molecule has 8 nitrogen and oxygen atoms in total. The predicted octanol–water partition coefficient (Wildman–Crippen LogP) is 3.17. The first-order valence-electron chi connectivity index (χ1n) is 9.50. The van der Waals surface area contributed by atoms with Gasteiger partial charge in [-0.05, 0) is 42.5 Å². The minimum atomic E-state index is -0.173. The smallest absolute Gasteiger partial charge is 0.257 e. The minimum absolute atomic E-state index is 0.0115. The number of benzene rings is 2. The molecule has 1 amide bonds. The van der Waals surface area contributed by atoms with E-state index in [-0.39, 0.29) is 11.7 Å². The maximum atomic E-state index is 12.7. The lowest BCUT2D eigenvalue weighted by Crippen LogP contribution is -2.48. The highest BCUT2D eigenvalue weighted by Gasteiger charge is 2.25. The molecule has 0 spiro atoms. The molecular formula is C21H21BrN4O4. The lowest BCUT2D eigenvalue weighted by Gasteiger charge is -2.34. The molecule has 9 heteroatoms. The summed E-state index contributed by atoms with van der Waals surface area (Å²) in [5.74, 6) is 1.65. The first-order chi connectivity index (χ1) is 14.5. The van der Waals surface area contributed by atoms with Gasteiger partial charge in [-0.15, -0.1) is 0 Å². The van der Waals surface area contributed by atoms with Crippen LogP contribution in [-0.2, 0) is 6.54 Å². The van der Waals surface area contributed by atoms with Crippen LogP contribution in [0.2, 0.25) is 0 Å². The van der Waals surface area contributed by atoms with Gasteiger partial charge in [0, 0.05) is 36.2 Å². The van der Waals surface area contributed by atoms with E-state index in [1.165, 1.54) is 6.07 Å². The largest absolute Gasteiger partial charge is 0.507 e. The van der Waals surface area contributed by atoms with Gasteiger partial charge in [0.25, 0.3) is 5.91 Å². The van der Waals surface area contributed by atoms with Crippen LogP contribution in [0.4, 0.5) is 0 Å². The van der Waals surface area contributed by atoms with Crippen LogP contribution in [0.25, 0.3) is 11.4 Å². The first-order valence-corrected chi connectivity index (χ1v) is 10.3. The summed E-state index contributed by atoms with van der Waals surface area (Å²) in [7, 11) is 1.62. The molecule has 3 aromatic rings. The lowest BCUT2D eigenvalue weighted by molar-refractivity contribution is 0.0612. The first kappa shape index (κ1) is 20.4. The van der Waals surface area contributed by atoms with Crippen molar-refractivity contribution in [2.45, 2.75) is 6.54 Å². The van der Waals surface area contributed by atoms with Crippen molar-refractivity contribution in [2.75, 3.05) is 33.3 Å². The number of hydrogen-bond donors (Lipinski definition) is 1. The maximum Gasteiger partial charge on any atom is 0.257 e. The number of aromatic hydroxyl groups is 1. The molecule has 156 valence electrons. The predicted molar refractivity (Wildman–Crippen MR) is 113 cm³/mol. The number of rotatable bonds is 5. The van der Waals surface area contributed by atoms with Crippen molar-refractivity contribution in [1.82, 2.24) is 19.9 Å². The summed E-state index contributed by atoms with van der Waals surface area (Å²) in [6.45, 7) is 3.00. The van der Waals surface area contributed by atoms with Gasteiger partial charge in [-0.1, -0.05) is 21.1 Å². The average Bonchev–Trinajstić information content (AvgIpc) is 3.24. The zero-order valence-corrected chi connectivity index (χ0v) is 18.0. The van der Waals surface area contributed by atoms with E-state index in [0.717, 1.165) is 15.8 Å². The van der Waals surface area contributed by atoms with E-state index >= 15 is 0 Å². The molecule has 1 aromatic heterocycles. The number of aromatic nitrogens is 2. The Bertz CT molecular complexity index is 1030. The van der Waals surface area contributed by atoms with E-state index in [0.29, 0.717) is 50.0 Å². The monoisotopic (exact) mass is 472 g/mol. The Balaban J connectivity index is 1.34. The number of phenols is 1. The zero-order chi connectivity index (χ0) is 21.1. The fourth-order valence-corrected chi connectivity index (χ4v) is 3.69. The lowest BCUT2D eigenvalue weighted by atomic mass is 10.1. The Morgan fingerprint density at radius 3 is 2.60 bits per heavy atom. The van der Waals surface area contributed by atoms with E-state index < -0.39 is 0 Å². The second kappa shape index (κ2) is 8.85. The third-order valence-electron chi connectivity index (χ3n) is 5.02. The normalized spacial score (nSPS) is 14.7. The van der Waals surface area contributed by atoms with Crippen LogP contribution in [0.15, 0.2) is 51.5 Å². The van der Waals surface area contributed by atoms with Crippen LogP contribution < -0.4 is 4.74 Å². The Kier molecular flexibility index (Phi) is 6.01. The molecule has 0 saturated carbocycles. The zero-order valence-electron chi connectivity index (χ0n) is 16.4.